The molecule has 0 unspecified atom stereocenters. The molecule has 8 heteroatoms. The summed E-state index contributed by atoms with van der Waals surface area (Å²) in [6, 6.07) is 0.271. The minimum Gasteiger partial charge on any atom is -0.397 e. The lowest BCUT2D eigenvalue weighted by molar-refractivity contribution is 0.318. The summed E-state index contributed by atoms with van der Waals surface area (Å²) in [6.07, 6.45) is 0. The van der Waals surface area contributed by atoms with Gasteiger partial charge in [0.1, 0.15) is 0 Å². The summed E-state index contributed by atoms with van der Waals surface area (Å²) in [5.41, 5.74) is 6.93. The number of aliphatic hydroxyl groups is 1. The van der Waals surface area contributed by atoms with Crippen molar-refractivity contribution in [1.82, 2.24) is 0 Å². The quantitative estimate of drug-likeness (QED) is 0.200. The van der Waals surface area contributed by atoms with Crippen molar-refractivity contribution < 1.29 is 22.7 Å². The molecule has 1 rings (SSSR count). The van der Waals surface area contributed by atoms with Gasteiger partial charge in [0.2, 0.25) is 0 Å². The molecule has 0 spiro atoms. The van der Waals surface area contributed by atoms with E-state index in [9.17, 15) is 17.6 Å². The highest BCUT2D eigenvalue weighted by atomic mass is 19.2. The van der Waals surface area contributed by atoms with Crippen molar-refractivity contribution in [2.45, 2.75) is 6.92 Å². The summed E-state index contributed by atoms with van der Waals surface area (Å²) in [5.74, 6) is -7.25. The lowest BCUT2D eigenvalue weighted by atomic mass is 10.3. The fourth-order valence-electron chi connectivity index (χ4n) is 0.681. The predicted octanol–water partition coefficient (Wildman–Crippen LogP) is 3.18. The summed E-state index contributed by atoms with van der Waals surface area (Å²) in [4.78, 5) is 2.11. The Bertz CT molecular complexity index is 418. The number of nitrogens with zero attached hydrogens (tertiary/aromatic N) is 3. The van der Waals surface area contributed by atoms with Gasteiger partial charge >= 0.3 is 0 Å². The van der Waals surface area contributed by atoms with E-state index < -0.39 is 29.0 Å². The van der Waals surface area contributed by atoms with Crippen LogP contribution >= 0.6 is 0 Å². The molecule has 0 radical (unpaired) electrons. The molecule has 4 nitrogen and oxygen atoms in total. The molecule has 1 aromatic rings. The van der Waals surface area contributed by atoms with Crippen molar-refractivity contribution in [2.75, 3.05) is 6.61 Å². The zero-order valence-corrected chi connectivity index (χ0v) is 8.09. The van der Waals surface area contributed by atoms with Gasteiger partial charge in [-0.15, -0.1) is 0 Å². The van der Waals surface area contributed by atoms with Gasteiger partial charge in [0.05, 0.1) is 5.69 Å². The van der Waals surface area contributed by atoms with Crippen molar-refractivity contribution in [3.05, 3.63) is 39.8 Å². The fourth-order valence-corrected chi connectivity index (χ4v) is 0.681. The van der Waals surface area contributed by atoms with E-state index in [0.29, 0.717) is 0 Å². The Morgan fingerprint density at radius 2 is 1.75 bits per heavy atom. The van der Waals surface area contributed by atoms with Crippen LogP contribution in [0.1, 0.15) is 6.92 Å². The summed E-state index contributed by atoms with van der Waals surface area (Å²) in [6.45, 7) is 1.93. The minimum atomic E-state index is -2.00. The largest absolute Gasteiger partial charge is 0.397 e. The molecule has 1 aromatic carbocycles. The average Bonchev–Trinajstić information content (AvgIpc) is 2.24. The second-order valence-corrected chi connectivity index (χ2v) is 2.33. The van der Waals surface area contributed by atoms with Crippen LogP contribution in [-0.4, -0.2) is 11.7 Å². The molecule has 0 aliphatic carbocycles. The van der Waals surface area contributed by atoms with Crippen LogP contribution in [0.4, 0.5) is 23.2 Å². The first-order valence-electron chi connectivity index (χ1n) is 3.98. The second kappa shape index (κ2) is 6.65. The van der Waals surface area contributed by atoms with Gasteiger partial charge in [0.15, 0.2) is 23.3 Å². The van der Waals surface area contributed by atoms with Gasteiger partial charge < -0.3 is 5.11 Å². The number of benzene rings is 1. The summed E-state index contributed by atoms with van der Waals surface area (Å²) >= 11 is 0. The van der Waals surface area contributed by atoms with E-state index in [1.54, 1.807) is 6.92 Å². The monoisotopic (exact) mass is 237 g/mol. The Hall–Kier alpha value is -1.79. The maximum absolute atomic E-state index is 12.6. The van der Waals surface area contributed by atoms with E-state index >= 15 is 0 Å². The smallest absolute Gasteiger partial charge is 0.197 e. The number of rotatable bonds is 1. The number of azide groups is 1. The Labute approximate surface area is 87.8 Å². The molecule has 0 aromatic heterocycles. The summed E-state index contributed by atoms with van der Waals surface area (Å²) in [5, 5.41) is 10.2. The molecule has 88 valence electrons. The van der Waals surface area contributed by atoms with Crippen LogP contribution in [0.5, 0.6) is 0 Å². The maximum Gasteiger partial charge on any atom is 0.197 e. The maximum atomic E-state index is 12.6. The van der Waals surface area contributed by atoms with Gasteiger partial charge in [-0.25, -0.2) is 17.6 Å². The van der Waals surface area contributed by atoms with E-state index in [1.165, 1.54) is 0 Å². The molecule has 0 fully saturated rings. The second-order valence-electron chi connectivity index (χ2n) is 2.33. The van der Waals surface area contributed by atoms with Gasteiger partial charge in [-0.05, 0) is 18.5 Å². The normalized spacial score (nSPS) is 8.88. The SMILES string of the molecule is CCO.[N-]=[N+]=Nc1cc(F)c(F)c(F)c1F. The molecule has 0 saturated heterocycles. The zero-order chi connectivity index (χ0) is 12.7. The highest BCUT2D eigenvalue weighted by molar-refractivity contribution is 5.39. The van der Waals surface area contributed by atoms with Crippen LogP contribution in [0, 0.1) is 23.3 Å². The molecule has 0 amide bonds. The minimum absolute atomic E-state index is 0.250. The highest BCUT2D eigenvalue weighted by Crippen LogP contribution is 2.24. The molecular weight excluding hydrogens is 230 g/mol. The predicted molar refractivity (Wildman–Crippen MR) is 47.8 cm³/mol. The molecule has 0 aliphatic rings. The lowest BCUT2D eigenvalue weighted by Crippen LogP contribution is -1.94. The van der Waals surface area contributed by atoms with Gasteiger partial charge in [-0.2, -0.15) is 0 Å². The van der Waals surface area contributed by atoms with Gasteiger partial charge in [0, 0.05) is 11.5 Å². The van der Waals surface area contributed by atoms with E-state index in [1.807, 2.05) is 0 Å². The molecule has 1 N–H and O–H groups in total. The number of aliphatic hydroxyl groups excluding tert-OH is 1. The summed E-state index contributed by atoms with van der Waals surface area (Å²) < 4.78 is 49.7. The van der Waals surface area contributed by atoms with Gasteiger partial charge in [0.25, 0.3) is 0 Å². The van der Waals surface area contributed by atoms with E-state index in [-0.39, 0.29) is 12.7 Å². The first-order valence-corrected chi connectivity index (χ1v) is 3.98. The zero-order valence-electron chi connectivity index (χ0n) is 8.09. The van der Waals surface area contributed by atoms with Crippen LogP contribution < -0.4 is 0 Å². The Balaban J connectivity index is 0.000000673. The summed E-state index contributed by atoms with van der Waals surface area (Å²) in [7, 11) is 0. The molecule has 0 saturated carbocycles. The molecule has 0 bridgehead atoms. The molecular formula is C8H7F4N3O. The first kappa shape index (κ1) is 14.2. The highest BCUT2D eigenvalue weighted by Gasteiger charge is 2.17. The van der Waals surface area contributed by atoms with Gasteiger partial charge in [-0.3, -0.25) is 0 Å². The average molecular weight is 237 g/mol. The van der Waals surface area contributed by atoms with E-state index in [2.05, 4.69) is 10.0 Å². The number of hydrogen-bond donors (Lipinski definition) is 1. The third-order valence-electron chi connectivity index (χ3n) is 1.24. The molecule has 0 heterocycles. The molecule has 0 atom stereocenters. The van der Waals surface area contributed by atoms with E-state index in [0.717, 1.165) is 0 Å². The van der Waals surface area contributed by atoms with Crippen LogP contribution in [-0.2, 0) is 0 Å². The van der Waals surface area contributed by atoms with Crippen LogP contribution in [0.2, 0.25) is 0 Å². The third kappa shape index (κ3) is 3.41. The topological polar surface area (TPSA) is 69.0 Å². The van der Waals surface area contributed by atoms with E-state index in [4.69, 9.17) is 10.6 Å². The van der Waals surface area contributed by atoms with Crippen LogP contribution in [0.3, 0.4) is 0 Å². The Morgan fingerprint density at radius 1 is 1.25 bits per heavy atom. The Kier molecular flexibility index (Phi) is 5.91. The fraction of sp³-hybridized carbons (Fsp3) is 0.250. The molecule has 16 heavy (non-hydrogen) atoms. The van der Waals surface area contributed by atoms with Crippen LogP contribution in [0.15, 0.2) is 11.2 Å². The Morgan fingerprint density at radius 3 is 2.19 bits per heavy atom. The van der Waals surface area contributed by atoms with Crippen molar-refractivity contribution in [2.24, 2.45) is 5.11 Å². The molecule has 0 aliphatic heterocycles. The van der Waals surface area contributed by atoms with Crippen molar-refractivity contribution in [1.29, 1.82) is 0 Å². The number of hydrogen-bond acceptors (Lipinski definition) is 2. The van der Waals surface area contributed by atoms with Gasteiger partial charge in [-0.1, -0.05) is 5.11 Å². The third-order valence-corrected chi connectivity index (χ3v) is 1.24. The van der Waals surface area contributed by atoms with Crippen molar-refractivity contribution in [3.8, 4) is 0 Å². The lowest BCUT2D eigenvalue weighted by Gasteiger charge is -1.99. The van der Waals surface area contributed by atoms with Crippen molar-refractivity contribution in [3.63, 3.8) is 0 Å². The van der Waals surface area contributed by atoms with Crippen LogP contribution in [0.25, 0.3) is 10.4 Å². The standard InChI is InChI=1S/C6HF4N3.C2H6O/c7-2-1-3(12-13-11)5(9)6(10)4(2)8;1-2-3/h1H;3H,2H2,1H3. The number of halogens is 4. The first-order chi connectivity index (χ1) is 7.49. The van der Waals surface area contributed by atoms with Crippen molar-refractivity contribution >= 4 is 5.69 Å².